The van der Waals surface area contributed by atoms with Gasteiger partial charge in [-0.3, -0.25) is 0 Å². The minimum Gasteiger partial charge on any atom is -0.396 e. The largest absolute Gasteiger partial charge is 0.396 e. The summed E-state index contributed by atoms with van der Waals surface area (Å²) in [5, 5.41) is 11.3. The van der Waals surface area contributed by atoms with Crippen LogP contribution in [-0.4, -0.2) is 11.7 Å². The Kier molecular flexibility index (Phi) is 2.80. The second kappa shape index (κ2) is 4.25. The van der Waals surface area contributed by atoms with Crippen LogP contribution in [0.1, 0.15) is 12.0 Å². The smallest absolute Gasteiger partial charge is 0.0434 e. The number of hydrogen-bond acceptors (Lipinski definition) is 1. The quantitative estimate of drug-likeness (QED) is 0.781. The number of benzene rings is 2. The van der Waals surface area contributed by atoms with E-state index in [-0.39, 0.29) is 6.61 Å². The topological polar surface area (TPSA) is 20.2 Å². The first-order valence-electron chi connectivity index (χ1n) is 4.99. The third-order valence-electron chi connectivity index (χ3n) is 2.44. The molecule has 0 amide bonds. The zero-order valence-corrected chi connectivity index (χ0v) is 8.11. The molecule has 0 unspecified atom stereocenters. The van der Waals surface area contributed by atoms with Crippen LogP contribution >= 0.6 is 0 Å². The number of aliphatic hydroxyl groups is 1. The molecule has 0 radical (unpaired) electrons. The molecule has 0 aliphatic heterocycles. The van der Waals surface area contributed by atoms with E-state index in [0.29, 0.717) is 0 Å². The molecule has 2 aromatic rings. The molecule has 0 bridgehead atoms. The Balaban J connectivity index is 2.32. The van der Waals surface area contributed by atoms with Crippen molar-refractivity contribution in [2.75, 3.05) is 6.61 Å². The lowest BCUT2D eigenvalue weighted by Gasteiger charge is -2.02. The Morgan fingerprint density at radius 1 is 0.929 bits per heavy atom. The molecule has 0 spiro atoms. The minimum atomic E-state index is 0.271. The molecule has 14 heavy (non-hydrogen) atoms. The zero-order chi connectivity index (χ0) is 9.80. The van der Waals surface area contributed by atoms with Crippen molar-refractivity contribution in [3.8, 4) is 0 Å². The van der Waals surface area contributed by atoms with Gasteiger partial charge in [-0.1, -0.05) is 42.5 Å². The Hall–Kier alpha value is -1.34. The highest BCUT2D eigenvalue weighted by Crippen LogP contribution is 2.16. The Morgan fingerprint density at radius 3 is 2.50 bits per heavy atom. The van der Waals surface area contributed by atoms with Crippen molar-refractivity contribution < 1.29 is 5.11 Å². The molecule has 0 heterocycles. The third kappa shape index (κ3) is 1.94. The highest BCUT2D eigenvalue weighted by Gasteiger charge is 1.95. The highest BCUT2D eigenvalue weighted by atomic mass is 16.2. The van der Waals surface area contributed by atoms with Crippen LogP contribution in [-0.2, 0) is 6.42 Å². The standard InChI is InChI=1S/C13H14O/c14-9-3-4-11-7-8-12-5-1-2-6-13(12)10-11/h1-2,5-8,10,14H,3-4,9H2. The summed E-state index contributed by atoms with van der Waals surface area (Å²) < 4.78 is 0. The number of fused-ring (bicyclic) bond motifs is 1. The molecular weight excluding hydrogens is 172 g/mol. The predicted molar refractivity (Wildman–Crippen MR) is 59.4 cm³/mol. The Bertz CT molecular complexity index is 420. The van der Waals surface area contributed by atoms with Crippen LogP contribution in [0, 0.1) is 0 Å². The van der Waals surface area contributed by atoms with E-state index in [1.807, 2.05) is 0 Å². The molecule has 0 atom stereocenters. The van der Waals surface area contributed by atoms with Crippen molar-refractivity contribution in [2.45, 2.75) is 12.8 Å². The van der Waals surface area contributed by atoms with Crippen LogP contribution in [0.4, 0.5) is 0 Å². The van der Waals surface area contributed by atoms with Crippen LogP contribution in [0.5, 0.6) is 0 Å². The Labute approximate surface area is 84.0 Å². The summed E-state index contributed by atoms with van der Waals surface area (Å²) in [5.74, 6) is 0. The molecule has 0 saturated carbocycles. The van der Waals surface area contributed by atoms with Gasteiger partial charge >= 0.3 is 0 Å². The highest BCUT2D eigenvalue weighted by molar-refractivity contribution is 5.82. The van der Waals surface area contributed by atoms with Gasteiger partial charge in [-0.25, -0.2) is 0 Å². The molecule has 0 saturated heterocycles. The fraction of sp³-hybridized carbons (Fsp3) is 0.231. The van der Waals surface area contributed by atoms with Gasteiger partial charge in [0.2, 0.25) is 0 Å². The maximum absolute atomic E-state index is 8.74. The van der Waals surface area contributed by atoms with Crippen LogP contribution < -0.4 is 0 Å². The summed E-state index contributed by atoms with van der Waals surface area (Å²) in [7, 11) is 0. The molecule has 1 N–H and O–H groups in total. The van der Waals surface area contributed by atoms with E-state index in [4.69, 9.17) is 5.11 Å². The molecule has 2 aromatic carbocycles. The van der Waals surface area contributed by atoms with Gasteiger partial charge in [0.25, 0.3) is 0 Å². The maximum Gasteiger partial charge on any atom is 0.0434 e. The Morgan fingerprint density at radius 2 is 1.71 bits per heavy atom. The summed E-state index contributed by atoms with van der Waals surface area (Å²) in [6, 6.07) is 14.8. The molecule has 1 heteroatoms. The number of hydrogen-bond donors (Lipinski definition) is 1. The van der Waals surface area contributed by atoms with E-state index in [0.717, 1.165) is 12.8 Å². The van der Waals surface area contributed by atoms with Crippen LogP contribution in [0.15, 0.2) is 42.5 Å². The van der Waals surface area contributed by atoms with E-state index in [2.05, 4.69) is 42.5 Å². The van der Waals surface area contributed by atoms with Crippen molar-refractivity contribution in [1.82, 2.24) is 0 Å². The van der Waals surface area contributed by atoms with E-state index < -0.39 is 0 Å². The SMILES string of the molecule is OCCCc1ccc2ccccc2c1. The van der Waals surface area contributed by atoms with Crippen molar-refractivity contribution in [3.63, 3.8) is 0 Å². The molecule has 1 nitrogen and oxygen atoms in total. The maximum atomic E-state index is 8.74. The lowest BCUT2D eigenvalue weighted by molar-refractivity contribution is 0.288. The van der Waals surface area contributed by atoms with Crippen molar-refractivity contribution in [3.05, 3.63) is 48.0 Å². The third-order valence-corrected chi connectivity index (χ3v) is 2.44. The molecule has 72 valence electrons. The summed E-state index contributed by atoms with van der Waals surface area (Å²) >= 11 is 0. The second-order valence-electron chi connectivity index (χ2n) is 3.51. The van der Waals surface area contributed by atoms with Gasteiger partial charge < -0.3 is 5.11 Å². The molecule has 0 aliphatic rings. The summed E-state index contributed by atoms with van der Waals surface area (Å²) in [6.07, 6.45) is 1.81. The lowest BCUT2D eigenvalue weighted by atomic mass is 10.0. The van der Waals surface area contributed by atoms with Gasteiger partial charge in [0.15, 0.2) is 0 Å². The molecule has 0 aliphatic carbocycles. The first-order valence-corrected chi connectivity index (χ1v) is 4.99. The van der Waals surface area contributed by atoms with E-state index in [1.165, 1.54) is 16.3 Å². The van der Waals surface area contributed by atoms with Gasteiger partial charge in [0.05, 0.1) is 0 Å². The van der Waals surface area contributed by atoms with Crippen molar-refractivity contribution in [2.24, 2.45) is 0 Å². The van der Waals surface area contributed by atoms with Crippen LogP contribution in [0.2, 0.25) is 0 Å². The average Bonchev–Trinajstić information content (AvgIpc) is 2.26. The second-order valence-corrected chi connectivity index (χ2v) is 3.51. The summed E-state index contributed by atoms with van der Waals surface area (Å²) in [5.41, 5.74) is 1.30. The number of rotatable bonds is 3. The molecule has 0 aromatic heterocycles. The average molecular weight is 186 g/mol. The van der Waals surface area contributed by atoms with Gasteiger partial charge in [0, 0.05) is 6.61 Å². The molecule has 0 fully saturated rings. The molecule has 2 rings (SSSR count). The molecular formula is C13H14O. The van der Waals surface area contributed by atoms with Crippen LogP contribution in [0.3, 0.4) is 0 Å². The van der Waals surface area contributed by atoms with Gasteiger partial charge in [-0.05, 0) is 29.2 Å². The first-order chi connectivity index (χ1) is 6.90. The fourth-order valence-corrected chi connectivity index (χ4v) is 1.68. The van der Waals surface area contributed by atoms with Gasteiger partial charge in [0.1, 0.15) is 0 Å². The normalized spacial score (nSPS) is 10.6. The van der Waals surface area contributed by atoms with Crippen LogP contribution in [0.25, 0.3) is 10.8 Å². The monoisotopic (exact) mass is 186 g/mol. The predicted octanol–water partition coefficient (Wildman–Crippen LogP) is 2.76. The van der Waals surface area contributed by atoms with E-state index >= 15 is 0 Å². The van der Waals surface area contributed by atoms with Gasteiger partial charge in [-0.15, -0.1) is 0 Å². The number of aryl methyl sites for hydroxylation is 1. The van der Waals surface area contributed by atoms with Crippen molar-refractivity contribution in [1.29, 1.82) is 0 Å². The summed E-state index contributed by atoms with van der Waals surface area (Å²) in [4.78, 5) is 0. The minimum absolute atomic E-state index is 0.271. The van der Waals surface area contributed by atoms with Crippen molar-refractivity contribution >= 4 is 10.8 Å². The first kappa shape index (κ1) is 9.22. The van der Waals surface area contributed by atoms with E-state index in [1.54, 1.807) is 0 Å². The fourth-order valence-electron chi connectivity index (χ4n) is 1.68. The lowest BCUT2D eigenvalue weighted by Crippen LogP contribution is -1.88. The number of aliphatic hydroxyl groups excluding tert-OH is 1. The zero-order valence-electron chi connectivity index (χ0n) is 8.11. The van der Waals surface area contributed by atoms with E-state index in [9.17, 15) is 0 Å². The summed E-state index contributed by atoms with van der Waals surface area (Å²) in [6.45, 7) is 0.271. The van der Waals surface area contributed by atoms with Gasteiger partial charge in [-0.2, -0.15) is 0 Å².